The van der Waals surface area contributed by atoms with E-state index < -0.39 is 10.8 Å². The molecule has 0 saturated carbocycles. The molecule has 0 aliphatic carbocycles. The Labute approximate surface area is 160 Å². The van der Waals surface area contributed by atoms with Gasteiger partial charge in [-0.25, -0.2) is 0 Å². The number of non-ortho nitro benzene ring substituents is 1. The topological polar surface area (TPSA) is 117 Å². The number of benzene rings is 2. The summed E-state index contributed by atoms with van der Waals surface area (Å²) in [4.78, 5) is 23.6. The summed E-state index contributed by atoms with van der Waals surface area (Å²) in [6, 6.07) is 13.1. The van der Waals surface area contributed by atoms with Gasteiger partial charge in [-0.2, -0.15) is 5.26 Å². The lowest BCUT2D eigenvalue weighted by molar-refractivity contribution is -0.384. The van der Waals surface area contributed by atoms with Gasteiger partial charge in [0.15, 0.2) is 0 Å². The number of hydrogen-bond donors (Lipinski definition) is 2. The summed E-state index contributed by atoms with van der Waals surface area (Å²) in [7, 11) is 1.33. The summed E-state index contributed by atoms with van der Waals surface area (Å²) in [5.41, 5.74) is 0.621. The Balaban J connectivity index is 2.17. The van der Waals surface area contributed by atoms with Crippen molar-refractivity contribution in [1.29, 1.82) is 5.26 Å². The zero-order valence-electron chi connectivity index (χ0n) is 14.6. The number of ether oxygens (including phenoxy) is 1. The Bertz CT molecular complexity index is 937. The Morgan fingerprint density at radius 3 is 2.74 bits per heavy atom. The summed E-state index contributed by atoms with van der Waals surface area (Å²) in [6.07, 6.45) is 3.24. The first-order valence-electron chi connectivity index (χ1n) is 7.63. The average molecular weight is 384 g/mol. The number of nitro benzene ring substituents is 1. The van der Waals surface area contributed by atoms with Gasteiger partial charge in [0.05, 0.1) is 23.8 Å². The van der Waals surface area contributed by atoms with Gasteiger partial charge in [-0.15, -0.1) is 11.8 Å². The van der Waals surface area contributed by atoms with E-state index in [1.54, 1.807) is 11.8 Å². The van der Waals surface area contributed by atoms with Crippen molar-refractivity contribution in [2.24, 2.45) is 0 Å². The first-order chi connectivity index (χ1) is 13.0. The van der Waals surface area contributed by atoms with Gasteiger partial charge < -0.3 is 15.4 Å². The monoisotopic (exact) mass is 384 g/mol. The van der Waals surface area contributed by atoms with E-state index in [-0.39, 0.29) is 22.7 Å². The number of thioether (sulfide) groups is 1. The molecule has 8 nitrogen and oxygen atoms in total. The van der Waals surface area contributed by atoms with Gasteiger partial charge >= 0.3 is 0 Å². The van der Waals surface area contributed by atoms with Crippen molar-refractivity contribution in [2.75, 3.05) is 24.0 Å². The van der Waals surface area contributed by atoms with Crippen molar-refractivity contribution in [3.8, 4) is 11.8 Å². The molecule has 0 aromatic heterocycles. The van der Waals surface area contributed by atoms with E-state index in [0.717, 1.165) is 10.6 Å². The van der Waals surface area contributed by atoms with Crippen LogP contribution in [-0.2, 0) is 4.79 Å². The Kier molecular flexibility index (Phi) is 6.79. The van der Waals surface area contributed by atoms with Crippen molar-refractivity contribution in [1.82, 2.24) is 0 Å². The van der Waals surface area contributed by atoms with Crippen LogP contribution in [0.1, 0.15) is 0 Å². The smallest absolute Gasteiger partial charge is 0.273 e. The number of nitriles is 1. The fraction of sp³-hybridized carbons (Fsp3) is 0.111. The standard InChI is InChI=1S/C18H16N4O4S/c1-26-17-9-14(22(24)25)6-7-16(17)21-18(23)12(10-19)11-20-13-4-3-5-15(8-13)27-2/h3-9,11,20H,1-2H3,(H,21,23)/b12-11-. The van der Waals surface area contributed by atoms with Crippen molar-refractivity contribution in [3.63, 3.8) is 0 Å². The first-order valence-corrected chi connectivity index (χ1v) is 8.85. The molecule has 0 fully saturated rings. The molecule has 0 atom stereocenters. The highest BCUT2D eigenvalue weighted by atomic mass is 32.2. The molecule has 2 N–H and O–H groups in total. The number of amides is 1. The van der Waals surface area contributed by atoms with Crippen LogP contribution in [0.3, 0.4) is 0 Å². The Hall–Kier alpha value is -3.51. The summed E-state index contributed by atoms with van der Waals surface area (Å²) < 4.78 is 5.07. The highest BCUT2D eigenvalue weighted by molar-refractivity contribution is 7.98. The van der Waals surface area contributed by atoms with E-state index in [9.17, 15) is 20.2 Å². The fourth-order valence-corrected chi connectivity index (χ4v) is 2.56. The number of nitrogens with zero attached hydrogens (tertiary/aromatic N) is 2. The van der Waals surface area contributed by atoms with Gasteiger partial charge in [0.2, 0.25) is 0 Å². The van der Waals surface area contributed by atoms with Gasteiger partial charge in [0, 0.05) is 22.8 Å². The van der Waals surface area contributed by atoms with Gasteiger partial charge in [-0.3, -0.25) is 14.9 Å². The maximum Gasteiger partial charge on any atom is 0.273 e. The zero-order valence-corrected chi connectivity index (χ0v) is 15.4. The lowest BCUT2D eigenvalue weighted by Gasteiger charge is -2.10. The molecule has 0 spiro atoms. The minimum atomic E-state index is -0.668. The molecule has 0 radical (unpaired) electrons. The van der Waals surface area contributed by atoms with Crippen molar-refractivity contribution in [2.45, 2.75) is 4.90 Å². The van der Waals surface area contributed by atoms with Gasteiger partial charge in [0.1, 0.15) is 17.4 Å². The number of carbonyl (C=O) groups is 1. The largest absolute Gasteiger partial charge is 0.494 e. The number of hydrogen-bond acceptors (Lipinski definition) is 7. The minimum absolute atomic E-state index is 0.121. The summed E-state index contributed by atoms with van der Waals surface area (Å²) in [6.45, 7) is 0. The molecule has 1 amide bonds. The number of carbonyl (C=O) groups excluding carboxylic acids is 1. The number of anilines is 2. The Morgan fingerprint density at radius 2 is 2.11 bits per heavy atom. The SMILES string of the molecule is COc1cc([N+](=O)[O-])ccc1NC(=O)/C(C#N)=C\Nc1cccc(SC)c1. The molecular formula is C18H16N4O4S. The molecule has 27 heavy (non-hydrogen) atoms. The van der Waals surface area contributed by atoms with Gasteiger partial charge in [-0.05, 0) is 30.5 Å². The maximum absolute atomic E-state index is 12.3. The predicted molar refractivity (Wildman–Crippen MR) is 104 cm³/mol. The van der Waals surface area contributed by atoms with Crippen LogP contribution < -0.4 is 15.4 Å². The number of methoxy groups -OCH3 is 1. The molecule has 0 unspecified atom stereocenters. The molecule has 138 valence electrons. The summed E-state index contributed by atoms with van der Waals surface area (Å²) in [5, 5.41) is 25.5. The van der Waals surface area contributed by atoms with Crippen LogP contribution in [0.4, 0.5) is 17.1 Å². The van der Waals surface area contributed by atoms with Crippen LogP contribution in [0.15, 0.2) is 59.1 Å². The second-order valence-corrected chi connectivity index (χ2v) is 6.02. The van der Waals surface area contributed by atoms with Crippen LogP contribution in [0, 0.1) is 21.4 Å². The number of nitro groups is 1. The highest BCUT2D eigenvalue weighted by Crippen LogP contribution is 2.29. The van der Waals surface area contributed by atoms with E-state index in [0.29, 0.717) is 0 Å². The fourth-order valence-electron chi connectivity index (χ4n) is 2.10. The van der Waals surface area contributed by atoms with E-state index >= 15 is 0 Å². The summed E-state index contributed by atoms with van der Waals surface area (Å²) >= 11 is 1.57. The van der Waals surface area contributed by atoms with Crippen LogP contribution in [-0.4, -0.2) is 24.2 Å². The third-order valence-electron chi connectivity index (χ3n) is 3.46. The molecule has 0 aliphatic rings. The van der Waals surface area contributed by atoms with Crippen molar-refractivity contribution in [3.05, 3.63) is 64.4 Å². The van der Waals surface area contributed by atoms with Gasteiger partial charge in [0.25, 0.3) is 11.6 Å². The molecule has 0 heterocycles. The number of rotatable bonds is 7. The highest BCUT2D eigenvalue weighted by Gasteiger charge is 2.15. The molecule has 0 saturated heterocycles. The van der Waals surface area contributed by atoms with Crippen molar-refractivity contribution >= 4 is 34.7 Å². The third-order valence-corrected chi connectivity index (χ3v) is 4.19. The second-order valence-electron chi connectivity index (χ2n) is 5.14. The minimum Gasteiger partial charge on any atom is -0.494 e. The number of nitrogens with one attached hydrogen (secondary N) is 2. The molecule has 9 heteroatoms. The third kappa shape index (κ3) is 5.23. The summed E-state index contributed by atoms with van der Waals surface area (Å²) in [5.74, 6) is -0.548. The molecule has 0 aliphatic heterocycles. The normalized spacial score (nSPS) is 10.6. The van der Waals surface area contributed by atoms with Gasteiger partial charge in [-0.1, -0.05) is 6.07 Å². The quantitative estimate of drug-likeness (QED) is 0.245. The van der Waals surface area contributed by atoms with E-state index in [4.69, 9.17) is 4.74 Å². The Morgan fingerprint density at radius 1 is 1.33 bits per heavy atom. The zero-order chi connectivity index (χ0) is 19.8. The lowest BCUT2D eigenvalue weighted by atomic mass is 10.2. The lowest BCUT2D eigenvalue weighted by Crippen LogP contribution is -2.15. The van der Waals surface area contributed by atoms with E-state index in [1.165, 1.54) is 31.5 Å². The van der Waals surface area contributed by atoms with Crippen LogP contribution in [0.5, 0.6) is 5.75 Å². The second kappa shape index (κ2) is 9.26. The molecule has 2 aromatic rings. The molecule has 2 aromatic carbocycles. The molecular weight excluding hydrogens is 368 g/mol. The van der Waals surface area contributed by atoms with E-state index in [1.807, 2.05) is 36.6 Å². The van der Waals surface area contributed by atoms with Crippen LogP contribution >= 0.6 is 11.8 Å². The first kappa shape index (κ1) is 19.8. The molecule has 2 rings (SSSR count). The average Bonchev–Trinajstić information content (AvgIpc) is 2.68. The van der Waals surface area contributed by atoms with E-state index in [2.05, 4.69) is 10.6 Å². The van der Waals surface area contributed by atoms with Crippen LogP contribution in [0.25, 0.3) is 0 Å². The van der Waals surface area contributed by atoms with Crippen molar-refractivity contribution < 1.29 is 14.5 Å². The molecule has 0 bridgehead atoms. The van der Waals surface area contributed by atoms with Crippen LogP contribution in [0.2, 0.25) is 0 Å². The maximum atomic E-state index is 12.3. The predicted octanol–water partition coefficient (Wildman–Crippen LogP) is 3.78.